The molecular weight excluding hydrogens is 619 g/mol. The van der Waals surface area contributed by atoms with Crippen LogP contribution in [0.5, 0.6) is 0 Å². The van der Waals surface area contributed by atoms with Crippen molar-refractivity contribution in [3.05, 3.63) is 32.9 Å². The van der Waals surface area contributed by atoms with Gasteiger partial charge in [0, 0.05) is 11.2 Å². The van der Waals surface area contributed by atoms with Crippen molar-refractivity contribution in [1.29, 1.82) is 0 Å². The van der Waals surface area contributed by atoms with Crippen LogP contribution >= 0.6 is 30.0 Å². The van der Waals surface area contributed by atoms with E-state index in [2.05, 4.69) is 5.09 Å². The van der Waals surface area contributed by atoms with Crippen LogP contribution in [0.3, 0.4) is 0 Å². The largest absolute Gasteiger partial charge is 0.462 e. The normalized spacial score (nSPS) is 25.5. The molecule has 1 aromatic rings. The third-order valence-corrected chi connectivity index (χ3v) is 9.53. The molecule has 0 radical (unpaired) electrons. The summed E-state index contributed by atoms with van der Waals surface area (Å²) in [5.41, 5.74) is -3.16. The summed E-state index contributed by atoms with van der Waals surface area (Å²) >= 11 is 12.4. The molecule has 0 saturated carbocycles. The van der Waals surface area contributed by atoms with E-state index in [0.29, 0.717) is 10.8 Å². The van der Waals surface area contributed by atoms with E-state index in [9.17, 15) is 28.7 Å². The van der Waals surface area contributed by atoms with E-state index >= 15 is 4.39 Å². The average Bonchev–Trinajstić information content (AvgIpc) is 3.05. The van der Waals surface area contributed by atoms with Crippen molar-refractivity contribution in [2.24, 2.45) is 5.41 Å². The Labute approximate surface area is 243 Å². The number of aliphatic hydroxyl groups is 1. The second kappa shape index (κ2) is 13.8. The van der Waals surface area contributed by atoms with Crippen LogP contribution in [0.4, 0.5) is 8.78 Å². The smallest absolute Gasteiger partial charge is 0.330 e. The molecule has 2 rings (SSSR count). The van der Waals surface area contributed by atoms with Crippen LogP contribution in [0.25, 0.3) is 0 Å². The molecule has 0 aliphatic carbocycles. The predicted molar refractivity (Wildman–Crippen MR) is 148 cm³/mol. The first-order valence-electron chi connectivity index (χ1n) is 12.1. The van der Waals surface area contributed by atoms with Crippen molar-refractivity contribution < 1.29 is 42.0 Å². The van der Waals surface area contributed by atoms with E-state index in [-0.39, 0.29) is 17.5 Å². The number of aliphatic hydroxyl groups excluding tert-OH is 1. The summed E-state index contributed by atoms with van der Waals surface area (Å²) in [5.74, 6) is -1.87. The Morgan fingerprint density at radius 1 is 1.35 bits per heavy atom. The van der Waals surface area contributed by atoms with Gasteiger partial charge in [0.1, 0.15) is 18.2 Å². The molecule has 0 bridgehead atoms. The Balaban J connectivity index is 2.19. The van der Waals surface area contributed by atoms with Crippen LogP contribution in [0, 0.1) is 11.2 Å². The maximum atomic E-state index is 15.3. The number of aromatic amines is 1. The van der Waals surface area contributed by atoms with Gasteiger partial charge in [-0.25, -0.2) is 14.3 Å². The Morgan fingerprint density at radius 3 is 2.55 bits per heavy atom. The number of ether oxygens (including phenoxy) is 2. The minimum Gasteiger partial charge on any atom is -0.462 e. The van der Waals surface area contributed by atoms with Gasteiger partial charge in [0.15, 0.2) is 11.3 Å². The lowest BCUT2D eigenvalue weighted by molar-refractivity contribution is -0.149. The van der Waals surface area contributed by atoms with Gasteiger partial charge in [-0.2, -0.15) is 4.39 Å². The number of carbonyl (C=O) groups excluding carboxylic acids is 2. The number of halogens is 3. The van der Waals surface area contributed by atoms with Gasteiger partial charge in [0.2, 0.25) is 5.82 Å². The summed E-state index contributed by atoms with van der Waals surface area (Å²) in [7, 11) is 0. The molecular formula is C22H33ClF2N3O9PS2. The molecule has 1 saturated heterocycles. The minimum absolute atomic E-state index is 0.0754. The molecule has 6 atom stereocenters. The fourth-order valence-corrected chi connectivity index (χ4v) is 6.72. The number of hydrogen-bond acceptors (Lipinski definition) is 11. The molecule has 1 unspecified atom stereocenters. The molecule has 1 aromatic heterocycles. The van der Waals surface area contributed by atoms with Gasteiger partial charge < -0.3 is 23.6 Å². The quantitative estimate of drug-likeness (QED) is 0.131. The number of thioether (sulfide) groups is 1. The molecule has 0 aromatic carbocycles. The summed E-state index contributed by atoms with van der Waals surface area (Å²) in [6.07, 6.45) is -5.72. The molecule has 40 heavy (non-hydrogen) atoms. The lowest BCUT2D eigenvalue weighted by Crippen LogP contribution is -2.42. The van der Waals surface area contributed by atoms with Crippen LogP contribution in [0.15, 0.2) is 15.8 Å². The first-order chi connectivity index (χ1) is 18.3. The zero-order valence-corrected chi connectivity index (χ0v) is 25.9. The van der Waals surface area contributed by atoms with Gasteiger partial charge in [-0.15, -0.1) is 0 Å². The highest BCUT2D eigenvalue weighted by Crippen LogP contribution is 2.48. The highest BCUT2D eigenvalue weighted by molar-refractivity contribution is 8.13. The topological polar surface area (TPSA) is 158 Å². The van der Waals surface area contributed by atoms with E-state index in [0.717, 1.165) is 11.8 Å². The number of H-pyrrole nitrogens is 1. The highest BCUT2D eigenvalue weighted by atomic mass is 35.5. The molecule has 1 fully saturated rings. The summed E-state index contributed by atoms with van der Waals surface area (Å²) in [5, 5.41) is 10.0. The standard InChI is InChI=1S/C22H33ClF2N3O9PS2/c1-11(2)36-17(31)12(3)27-38(39,34-7-8-40-19(32)21(4,5)6)35-10-14-15(29)22(23,25)18(37-14)28-9-13(24)16(30)26-20(28)33/h9,11-12,14-15,18,29H,7-8,10H2,1-6H3,(H,27,39)(H,26,30,33)/t12-,14+,15+,18+,22-,38?/m0/s1. The highest BCUT2D eigenvalue weighted by Gasteiger charge is 2.58. The number of aromatic nitrogens is 2. The third-order valence-electron chi connectivity index (χ3n) is 5.21. The van der Waals surface area contributed by atoms with E-state index in [1.54, 1.807) is 39.6 Å². The van der Waals surface area contributed by atoms with Crippen LogP contribution in [-0.4, -0.2) is 74.2 Å². The molecule has 228 valence electrons. The van der Waals surface area contributed by atoms with Gasteiger partial charge in [-0.05, 0) is 32.6 Å². The maximum Gasteiger partial charge on any atom is 0.330 e. The minimum atomic E-state index is -3.58. The Kier molecular flexibility index (Phi) is 12.1. The van der Waals surface area contributed by atoms with Crippen molar-refractivity contribution in [3.8, 4) is 0 Å². The van der Waals surface area contributed by atoms with Crippen molar-refractivity contribution in [2.45, 2.75) is 77.3 Å². The number of alkyl halides is 2. The molecule has 0 amide bonds. The maximum absolute atomic E-state index is 15.3. The molecule has 18 heteroatoms. The van der Waals surface area contributed by atoms with Crippen LogP contribution in [-0.2, 0) is 39.9 Å². The number of carbonyl (C=O) groups is 2. The second-order valence-electron chi connectivity index (χ2n) is 10.1. The summed E-state index contributed by atoms with van der Waals surface area (Å²) in [6.45, 7) is 5.75. The first kappa shape index (κ1) is 35.0. The second-order valence-corrected chi connectivity index (χ2v) is 15.0. The van der Waals surface area contributed by atoms with Crippen LogP contribution < -0.4 is 16.3 Å². The van der Waals surface area contributed by atoms with Crippen molar-refractivity contribution in [2.75, 3.05) is 19.0 Å². The molecule has 1 aliphatic rings. The number of rotatable bonds is 12. The molecule has 0 spiro atoms. The Morgan fingerprint density at radius 2 is 1.98 bits per heavy atom. The van der Waals surface area contributed by atoms with Gasteiger partial charge in [0.05, 0.1) is 25.5 Å². The van der Waals surface area contributed by atoms with Gasteiger partial charge >= 0.3 is 11.7 Å². The van der Waals surface area contributed by atoms with E-state index in [1.807, 2.05) is 0 Å². The van der Waals surface area contributed by atoms with Crippen molar-refractivity contribution >= 4 is 52.9 Å². The fourth-order valence-electron chi connectivity index (χ4n) is 3.16. The van der Waals surface area contributed by atoms with Crippen molar-refractivity contribution in [1.82, 2.24) is 14.6 Å². The molecule has 3 N–H and O–H groups in total. The average molecular weight is 652 g/mol. The van der Waals surface area contributed by atoms with E-state index in [1.165, 1.54) is 6.92 Å². The third kappa shape index (κ3) is 9.13. The molecule has 1 aliphatic heterocycles. The monoisotopic (exact) mass is 651 g/mol. The lowest BCUT2D eigenvalue weighted by Gasteiger charge is -2.28. The SMILES string of the molecule is CC(C)OC(=O)[C@H](C)NP(=S)(OCCSC(=O)C(C)(C)C)OC[C@H]1O[C@@H](n2cc(F)c(=O)[nH]c2=O)[C@](F)(Cl)[C@@H]1O. The lowest BCUT2D eigenvalue weighted by atomic mass is 10.00. The van der Waals surface area contributed by atoms with E-state index < -0.39 is 77.4 Å². The number of nitrogens with zero attached hydrogens (tertiary/aromatic N) is 1. The zero-order chi connectivity index (χ0) is 30.6. The fraction of sp³-hybridized carbons (Fsp3) is 0.727. The predicted octanol–water partition coefficient (Wildman–Crippen LogP) is 2.33. The number of nitrogens with one attached hydrogen (secondary N) is 2. The Hall–Kier alpha value is -1.23. The summed E-state index contributed by atoms with van der Waals surface area (Å²) < 4.78 is 51.4. The zero-order valence-electron chi connectivity index (χ0n) is 22.6. The Bertz CT molecular complexity index is 1240. The summed E-state index contributed by atoms with van der Waals surface area (Å²) in [4.78, 5) is 49.6. The van der Waals surface area contributed by atoms with Gasteiger partial charge in [-0.1, -0.05) is 44.1 Å². The summed E-state index contributed by atoms with van der Waals surface area (Å²) in [6, 6.07) is -1.00. The number of hydrogen-bond donors (Lipinski definition) is 3. The first-order valence-corrected chi connectivity index (χ1v) is 16.1. The van der Waals surface area contributed by atoms with Crippen LogP contribution in [0.1, 0.15) is 47.8 Å². The van der Waals surface area contributed by atoms with E-state index in [4.69, 9.17) is 41.9 Å². The van der Waals surface area contributed by atoms with Gasteiger partial charge in [-0.3, -0.25) is 23.9 Å². The van der Waals surface area contributed by atoms with Crippen molar-refractivity contribution in [3.63, 3.8) is 0 Å². The van der Waals surface area contributed by atoms with Gasteiger partial charge in [0.25, 0.3) is 17.3 Å². The molecule has 2 heterocycles. The van der Waals surface area contributed by atoms with Crippen LogP contribution in [0.2, 0.25) is 0 Å². The number of esters is 1. The molecule has 12 nitrogen and oxygen atoms in total.